The van der Waals surface area contributed by atoms with E-state index in [0.717, 1.165) is 0 Å². The lowest BCUT2D eigenvalue weighted by Gasteiger charge is -2.36. The number of ether oxygens (including phenoxy) is 1. The third-order valence-corrected chi connectivity index (χ3v) is 3.01. The number of carboxylic acid groups (broad SMARTS) is 1. The minimum absolute atomic E-state index is 0.235. The Bertz CT molecular complexity index is 303. The molecule has 0 aliphatic carbocycles. The molecular formula is C12H21NO4. The zero-order valence-corrected chi connectivity index (χ0v) is 10.7. The molecule has 1 unspecified atom stereocenters. The Morgan fingerprint density at radius 2 is 2.12 bits per heavy atom. The summed E-state index contributed by atoms with van der Waals surface area (Å²) in [4.78, 5) is 24.4. The fourth-order valence-corrected chi connectivity index (χ4v) is 1.90. The highest BCUT2D eigenvalue weighted by atomic mass is 16.6. The smallest absolute Gasteiger partial charge is 0.409 e. The van der Waals surface area contributed by atoms with E-state index in [1.165, 1.54) is 4.90 Å². The molecule has 0 aromatic rings. The third-order valence-electron chi connectivity index (χ3n) is 3.01. The van der Waals surface area contributed by atoms with Crippen LogP contribution in [0.1, 0.15) is 33.6 Å². The van der Waals surface area contributed by atoms with Gasteiger partial charge in [0.2, 0.25) is 0 Å². The first-order valence-electron chi connectivity index (χ1n) is 6.00. The minimum Gasteiger partial charge on any atom is -0.481 e. The molecule has 1 rings (SSSR count). The highest BCUT2D eigenvalue weighted by molar-refractivity contribution is 5.76. The van der Waals surface area contributed by atoms with Gasteiger partial charge in [-0.2, -0.15) is 0 Å². The van der Waals surface area contributed by atoms with Gasteiger partial charge in [-0.05, 0) is 25.7 Å². The second-order valence-corrected chi connectivity index (χ2v) is 5.36. The molecule has 1 atom stereocenters. The summed E-state index contributed by atoms with van der Waals surface area (Å²) in [5.41, 5.74) is -0.838. The molecule has 1 aliphatic heterocycles. The summed E-state index contributed by atoms with van der Waals surface area (Å²) < 4.78 is 5.11. The largest absolute Gasteiger partial charge is 0.481 e. The van der Waals surface area contributed by atoms with E-state index >= 15 is 0 Å². The van der Waals surface area contributed by atoms with Gasteiger partial charge in [-0.15, -0.1) is 0 Å². The van der Waals surface area contributed by atoms with Gasteiger partial charge in [0, 0.05) is 13.1 Å². The SMILES string of the molecule is CC(C)COC(=O)N1CCCC(C)(C(=O)O)C1. The zero-order chi connectivity index (χ0) is 13.1. The zero-order valence-electron chi connectivity index (χ0n) is 10.7. The Labute approximate surface area is 102 Å². The molecule has 0 saturated carbocycles. The Hall–Kier alpha value is -1.26. The Morgan fingerprint density at radius 3 is 2.65 bits per heavy atom. The predicted molar refractivity (Wildman–Crippen MR) is 62.7 cm³/mol. The topological polar surface area (TPSA) is 66.8 Å². The van der Waals surface area contributed by atoms with E-state index in [4.69, 9.17) is 9.84 Å². The fourth-order valence-electron chi connectivity index (χ4n) is 1.90. The van der Waals surface area contributed by atoms with Gasteiger partial charge < -0.3 is 14.7 Å². The van der Waals surface area contributed by atoms with Crippen LogP contribution in [0, 0.1) is 11.3 Å². The number of carbonyl (C=O) groups is 2. The number of piperidine rings is 1. The molecule has 1 aliphatic rings. The number of hydrogen-bond donors (Lipinski definition) is 1. The summed E-state index contributed by atoms with van der Waals surface area (Å²) in [7, 11) is 0. The maximum atomic E-state index is 11.7. The van der Waals surface area contributed by atoms with Crippen molar-refractivity contribution in [1.29, 1.82) is 0 Å². The Morgan fingerprint density at radius 1 is 1.47 bits per heavy atom. The van der Waals surface area contributed by atoms with Crippen LogP contribution in [0.25, 0.3) is 0 Å². The number of likely N-dealkylation sites (tertiary alicyclic amines) is 1. The van der Waals surface area contributed by atoms with E-state index in [9.17, 15) is 9.59 Å². The Balaban J connectivity index is 2.54. The van der Waals surface area contributed by atoms with Crippen LogP contribution in [0.4, 0.5) is 4.79 Å². The number of aliphatic carboxylic acids is 1. The molecule has 1 saturated heterocycles. The summed E-state index contributed by atoms with van der Waals surface area (Å²) in [6, 6.07) is 0. The van der Waals surface area contributed by atoms with E-state index in [2.05, 4.69) is 0 Å². The predicted octanol–water partition coefficient (Wildman–Crippen LogP) is 1.97. The molecule has 1 amide bonds. The molecule has 1 N–H and O–H groups in total. The van der Waals surface area contributed by atoms with Crippen LogP contribution in [0.2, 0.25) is 0 Å². The number of amides is 1. The molecule has 1 fully saturated rings. The highest BCUT2D eigenvalue weighted by Gasteiger charge is 2.39. The van der Waals surface area contributed by atoms with Gasteiger partial charge in [0.1, 0.15) is 0 Å². The summed E-state index contributed by atoms with van der Waals surface area (Å²) in [6.45, 7) is 6.80. The fraction of sp³-hybridized carbons (Fsp3) is 0.833. The van der Waals surface area contributed by atoms with Crippen molar-refractivity contribution in [3.63, 3.8) is 0 Å². The van der Waals surface area contributed by atoms with Crippen LogP contribution in [-0.4, -0.2) is 41.8 Å². The van der Waals surface area contributed by atoms with E-state index in [1.807, 2.05) is 13.8 Å². The molecule has 1 heterocycles. The van der Waals surface area contributed by atoms with Crippen molar-refractivity contribution < 1.29 is 19.4 Å². The molecule has 0 spiro atoms. The molecule has 0 aromatic heterocycles. The molecule has 0 aromatic carbocycles. The summed E-state index contributed by atoms with van der Waals surface area (Å²) >= 11 is 0. The Kier molecular flexibility index (Phi) is 4.37. The lowest BCUT2D eigenvalue weighted by molar-refractivity contribution is -0.150. The van der Waals surface area contributed by atoms with Crippen molar-refractivity contribution in [3.05, 3.63) is 0 Å². The average Bonchev–Trinajstić information content (AvgIpc) is 2.25. The third kappa shape index (κ3) is 3.61. The van der Waals surface area contributed by atoms with Crippen LogP contribution >= 0.6 is 0 Å². The second kappa shape index (κ2) is 5.38. The van der Waals surface area contributed by atoms with Gasteiger partial charge in [-0.25, -0.2) is 4.79 Å². The van der Waals surface area contributed by atoms with Crippen LogP contribution < -0.4 is 0 Å². The molecule has 5 heteroatoms. The average molecular weight is 243 g/mol. The van der Waals surface area contributed by atoms with E-state index in [1.54, 1.807) is 6.92 Å². The first-order valence-corrected chi connectivity index (χ1v) is 6.00. The lowest BCUT2D eigenvalue weighted by atomic mass is 9.82. The van der Waals surface area contributed by atoms with E-state index < -0.39 is 17.5 Å². The van der Waals surface area contributed by atoms with Crippen molar-refractivity contribution in [2.24, 2.45) is 11.3 Å². The van der Waals surface area contributed by atoms with Gasteiger partial charge in [0.25, 0.3) is 0 Å². The first-order chi connectivity index (χ1) is 7.85. The summed E-state index contributed by atoms with van der Waals surface area (Å²) in [5, 5.41) is 9.14. The van der Waals surface area contributed by atoms with Crippen LogP contribution in [-0.2, 0) is 9.53 Å². The first kappa shape index (κ1) is 13.8. The van der Waals surface area contributed by atoms with Crippen molar-refractivity contribution >= 4 is 12.1 Å². The monoisotopic (exact) mass is 243 g/mol. The van der Waals surface area contributed by atoms with Crippen molar-refractivity contribution in [3.8, 4) is 0 Å². The lowest BCUT2D eigenvalue weighted by Crippen LogP contribution is -2.48. The molecule has 5 nitrogen and oxygen atoms in total. The van der Waals surface area contributed by atoms with Gasteiger partial charge in [0.15, 0.2) is 0 Å². The molecule has 0 bridgehead atoms. The maximum absolute atomic E-state index is 11.7. The molecule has 0 radical (unpaired) electrons. The van der Waals surface area contributed by atoms with Gasteiger partial charge >= 0.3 is 12.1 Å². The number of carboxylic acids is 1. The summed E-state index contributed by atoms with van der Waals surface area (Å²) in [6.07, 6.45) is 0.918. The standard InChI is InChI=1S/C12H21NO4/c1-9(2)7-17-11(16)13-6-4-5-12(3,8-13)10(14)15/h9H,4-8H2,1-3H3,(H,14,15). The van der Waals surface area contributed by atoms with Gasteiger partial charge in [0.05, 0.1) is 12.0 Å². The van der Waals surface area contributed by atoms with Crippen molar-refractivity contribution in [1.82, 2.24) is 4.90 Å². The van der Waals surface area contributed by atoms with Crippen molar-refractivity contribution in [2.75, 3.05) is 19.7 Å². The van der Waals surface area contributed by atoms with Crippen LogP contribution in [0.5, 0.6) is 0 Å². The van der Waals surface area contributed by atoms with E-state index in [-0.39, 0.29) is 12.5 Å². The maximum Gasteiger partial charge on any atom is 0.409 e. The molecule has 98 valence electrons. The van der Waals surface area contributed by atoms with Crippen LogP contribution in [0.3, 0.4) is 0 Å². The number of nitrogens with zero attached hydrogens (tertiary/aromatic N) is 1. The number of hydrogen-bond acceptors (Lipinski definition) is 3. The van der Waals surface area contributed by atoms with Gasteiger partial charge in [-0.1, -0.05) is 13.8 Å². The second-order valence-electron chi connectivity index (χ2n) is 5.36. The highest BCUT2D eigenvalue weighted by Crippen LogP contribution is 2.29. The quantitative estimate of drug-likeness (QED) is 0.822. The molecular weight excluding hydrogens is 222 g/mol. The summed E-state index contributed by atoms with van der Waals surface area (Å²) in [5.74, 6) is -0.562. The van der Waals surface area contributed by atoms with Gasteiger partial charge in [-0.3, -0.25) is 4.79 Å². The minimum atomic E-state index is -0.848. The van der Waals surface area contributed by atoms with E-state index in [0.29, 0.717) is 26.0 Å². The van der Waals surface area contributed by atoms with Crippen LogP contribution in [0.15, 0.2) is 0 Å². The number of carbonyl (C=O) groups excluding carboxylic acids is 1. The normalized spacial score (nSPS) is 24.8. The van der Waals surface area contributed by atoms with Crippen molar-refractivity contribution in [2.45, 2.75) is 33.6 Å². The number of rotatable bonds is 3. The molecule has 17 heavy (non-hydrogen) atoms.